The molecule has 1 aromatic rings. The third-order valence-electron chi connectivity index (χ3n) is 5.55. The molecule has 0 bridgehead atoms. The average Bonchev–Trinajstić information content (AvgIpc) is 3.21. The first-order valence-corrected chi connectivity index (χ1v) is 9.31. The van der Waals surface area contributed by atoms with E-state index in [4.69, 9.17) is 14.2 Å². The minimum atomic E-state index is -0.984. The Morgan fingerprint density at radius 2 is 2.04 bits per heavy atom. The number of amides is 3. The Kier molecular flexibility index (Phi) is 4.59. The molecule has 3 amide bonds. The van der Waals surface area contributed by atoms with Gasteiger partial charge in [0.25, 0.3) is 5.91 Å². The van der Waals surface area contributed by atoms with E-state index in [1.807, 2.05) is 0 Å². The summed E-state index contributed by atoms with van der Waals surface area (Å²) in [6.45, 7) is 2.20. The molecule has 0 aromatic heterocycles. The zero-order valence-corrected chi connectivity index (χ0v) is 15.3. The van der Waals surface area contributed by atoms with Crippen LogP contribution in [0.4, 0.5) is 4.79 Å². The number of carbonyl (C=O) groups is 2. The van der Waals surface area contributed by atoms with Crippen LogP contribution in [0.1, 0.15) is 32.6 Å². The van der Waals surface area contributed by atoms with Crippen molar-refractivity contribution in [1.82, 2.24) is 10.2 Å². The first-order chi connectivity index (χ1) is 13.0. The number of carbonyl (C=O) groups excluding carboxylic acids is 2. The van der Waals surface area contributed by atoms with Crippen LogP contribution in [0, 0.1) is 5.92 Å². The van der Waals surface area contributed by atoms with Crippen molar-refractivity contribution in [2.75, 3.05) is 19.9 Å². The fourth-order valence-corrected chi connectivity index (χ4v) is 3.86. The molecular weight excluding hydrogens is 352 g/mol. The topological polar surface area (TPSA) is 97.3 Å². The maximum absolute atomic E-state index is 12.8. The summed E-state index contributed by atoms with van der Waals surface area (Å²) in [4.78, 5) is 26.2. The van der Waals surface area contributed by atoms with E-state index in [9.17, 15) is 14.7 Å². The molecule has 1 spiro atoms. The molecule has 1 saturated heterocycles. The standard InChI is InChI=1S/C19H24N2O6/c1-12-4-6-19(7-5-12)17(23)21(18(24)20-19)9-13(22)10-25-14-2-3-15-16(8-14)27-11-26-15/h2-3,8,12-13,22H,4-7,9-11H2,1H3,(H,20,24)/t12?,13-,19?/m0/s1. The molecule has 2 aliphatic heterocycles. The highest BCUT2D eigenvalue weighted by atomic mass is 16.7. The molecule has 2 fully saturated rings. The van der Waals surface area contributed by atoms with E-state index >= 15 is 0 Å². The van der Waals surface area contributed by atoms with Gasteiger partial charge in [0.05, 0.1) is 6.54 Å². The molecule has 1 aliphatic carbocycles. The molecule has 1 atom stereocenters. The Hall–Kier alpha value is -2.48. The zero-order chi connectivity index (χ0) is 19.0. The molecule has 8 heteroatoms. The quantitative estimate of drug-likeness (QED) is 0.759. The van der Waals surface area contributed by atoms with Gasteiger partial charge in [0.2, 0.25) is 6.79 Å². The van der Waals surface area contributed by atoms with Crippen LogP contribution in [-0.2, 0) is 4.79 Å². The maximum Gasteiger partial charge on any atom is 0.325 e. The second-order valence-electron chi connectivity index (χ2n) is 7.59. The van der Waals surface area contributed by atoms with E-state index < -0.39 is 17.7 Å². The fourth-order valence-electron chi connectivity index (χ4n) is 3.86. The van der Waals surface area contributed by atoms with Crippen molar-refractivity contribution in [2.45, 2.75) is 44.2 Å². The number of imide groups is 1. The molecule has 0 unspecified atom stereocenters. The molecule has 2 N–H and O–H groups in total. The average molecular weight is 376 g/mol. The number of hydrogen-bond acceptors (Lipinski definition) is 6. The van der Waals surface area contributed by atoms with Gasteiger partial charge in [0, 0.05) is 6.07 Å². The highest BCUT2D eigenvalue weighted by molar-refractivity contribution is 6.07. The third kappa shape index (κ3) is 3.41. The Morgan fingerprint density at radius 3 is 2.81 bits per heavy atom. The van der Waals surface area contributed by atoms with Gasteiger partial charge in [-0.25, -0.2) is 4.79 Å². The van der Waals surface area contributed by atoms with Gasteiger partial charge in [-0.2, -0.15) is 0 Å². The van der Waals surface area contributed by atoms with Crippen LogP contribution < -0.4 is 19.5 Å². The first kappa shape index (κ1) is 17.9. The lowest BCUT2D eigenvalue weighted by atomic mass is 9.77. The molecule has 1 saturated carbocycles. The minimum absolute atomic E-state index is 0.0409. The molecule has 27 heavy (non-hydrogen) atoms. The monoisotopic (exact) mass is 376 g/mol. The number of nitrogens with zero attached hydrogens (tertiary/aromatic N) is 1. The number of rotatable bonds is 5. The number of fused-ring (bicyclic) bond motifs is 1. The number of ether oxygens (including phenoxy) is 3. The highest BCUT2D eigenvalue weighted by Crippen LogP contribution is 2.37. The van der Waals surface area contributed by atoms with Crippen molar-refractivity contribution in [3.05, 3.63) is 18.2 Å². The summed E-state index contributed by atoms with van der Waals surface area (Å²) in [5.74, 6) is 2.09. The van der Waals surface area contributed by atoms with E-state index in [2.05, 4.69) is 12.2 Å². The number of nitrogens with one attached hydrogen (secondary N) is 1. The number of aliphatic hydroxyl groups is 1. The normalized spacial score (nSPS) is 27.8. The molecule has 8 nitrogen and oxygen atoms in total. The molecule has 3 aliphatic rings. The van der Waals surface area contributed by atoms with Crippen molar-refractivity contribution in [1.29, 1.82) is 0 Å². The van der Waals surface area contributed by atoms with Crippen molar-refractivity contribution < 1.29 is 28.9 Å². The lowest BCUT2D eigenvalue weighted by Gasteiger charge is -2.33. The summed E-state index contributed by atoms with van der Waals surface area (Å²) in [5, 5.41) is 13.1. The van der Waals surface area contributed by atoms with E-state index in [1.165, 1.54) is 0 Å². The van der Waals surface area contributed by atoms with Gasteiger partial charge >= 0.3 is 6.03 Å². The third-order valence-corrected chi connectivity index (χ3v) is 5.55. The molecule has 4 rings (SSSR count). The van der Waals surface area contributed by atoms with Crippen LogP contribution in [0.15, 0.2) is 18.2 Å². The summed E-state index contributed by atoms with van der Waals surface area (Å²) in [6, 6.07) is 4.69. The van der Waals surface area contributed by atoms with Gasteiger partial charge in [-0.15, -0.1) is 0 Å². The van der Waals surface area contributed by atoms with Gasteiger partial charge in [0.1, 0.15) is 24.0 Å². The first-order valence-electron chi connectivity index (χ1n) is 9.31. The van der Waals surface area contributed by atoms with E-state index in [0.717, 1.165) is 17.7 Å². The van der Waals surface area contributed by atoms with E-state index in [-0.39, 0.29) is 25.9 Å². The predicted octanol–water partition coefficient (Wildman–Crippen LogP) is 1.66. The highest BCUT2D eigenvalue weighted by Gasteiger charge is 2.52. The molecular formula is C19H24N2O6. The maximum atomic E-state index is 12.8. The molecule has 2 heterocycles. The predicted molar refractivity (Wildman–Crippen MR) is 94.7 cm³/mol. The van der Waals surface area contributed by atoms with E-state index in [0.29, 0.717) is 36.0 Å². The van der Waals surface area contributed by atoms with Crippen molar-refractivity contribution in [2.24, 2.45) is 5.92 Å². The van der Waals surface area contributed by atoms with Gasteiger partial charge in [-0.3, -0.25) is 9.69 Å². The summed E-state index contributed by atoms with van der Waals surface area (Å²) in [7, 11) is 0. The number of hydrogen-bond donors (Lipinski definition) is 2. The fraction of sp³-hybridized carbons (Fsp3) is 0.579. The van der Waals surface area contributed by atoms with Gasteiger partial charge in [-0.05, 0) is 43.7 Å². The molecule has 1 aromatic carbocycles. The number of β-amino-alcohol motifs (C(OH)–C–C–N with tert-alkyl or cyclic N) is 1. The number of urea groups is 1. The van der Waals surface area contributed by atoms with Crippen LogP contribution in [0.5, 0.6) is 17.2 Å². The molecule has 0 radical (unpaired) electrons. The van der Waals surface area contributed by atoms with Crippen molar-refractivity contribution in [3.8, 4) is 17.2 Å². The van der Waals surface area contributed by atoms with Gasteiger partial charge in [0.15, 0.2) is 11.5 Å². The van der Waals surface area contributed by atoms with Crippen LogP contribution in [0.3, 0.4) is 0 Å². The van der Waals surface area contributed by atoms with E-state index in [1.54, 1.807) is 18.2 Å². The van der Waals surface area contributed by atoms with Crippen molar-refractivity contribution >= 4 is 11.9 Å². The second kappa shape index (κ2) is 6.92. The summed E-state index contributed by atoms with van der Waals surface area (Å²) >= 11 is 0. The molecule has 146 valence electrons. The Morgan fingerprint density at radius 1 is 1.30 bits per heavy atom. The summed E-state index contributed by atoms with van der Waals surface area (Å²) in [6.07, 6.45) is 2.14. The number of benzene rings is 1. The van der Waals surface area contributed by atoms with Crippen LogP contribution in [0.2, 0.25) is 0 Å². The van der Waals surface area contributed by atoms with Crippen LogP contribution in [-0.4, -0.2) is 53.5 Å². The van der Waals surface area contributed by atoms with Crippen LogP contribution >= 0.6 is 0 Å². The smallest absolute Gasteiger partial charge is 0.325 e. The lowest BCUT2D eigenvalue weighted by Crippen LogP contribution is -2.49. The van der Waals surface area contributed by atoms with Crippen molar-refractivity contribution in [3.63, 3.8) is 0 Å². The SMILES string of the molecule is CC1CCC2(CC1)NC(=O)N(C[C@H](O)COc1ccc3c(c1)OCO3)C2=O. The van der Waals surface area contributed by atoms with Gasteiger partial charge in [-0.1, -0.05) is 6.92 Å². The van der Waals surface area contributed by atoms with Gasteiger partial charge < -0.3 is 24.6 Å². The lowest BCUT2D eigenvalue weighted by molar-refractivity contribution is -0.133. The largest absolute Gasteiger partial charge is 0.491 e. The Balaban J connectivity index is 1.33. The Labute approximate surface area is 157 Å². The second-order valence-corrected chi connectivity index (χ2v) is 7.59. The minimum Gasteiger partial charge on any atom is -0.491 e. The summed E-state index contributed by atoms with van der Waals surface area (Å²) in [5.41, 5.74) is -0.790. The Bertz CT molecular complexity index is 744. The van der Waals surface area contributed by atoms with Crippen LogP contribution in [0.25, 0.3) is 0 Å². The zero-order valence-electron chi connectivity index (χ0n) is 15.3. The number of aliphatic hydroxyl groups excluding tert-OH is 1. The summed E-state index contributed by atoms with van der Waals surface area (Å²) < 4.78 is 16.1.